The van der Waals surface area contributed by atoms with Crippen molar-refractivity contribution in [3.63, 3.8) is 0 Å². The Balaban J connectivity index is 2.01. The Hall–Kier alpha value is -1.95. The third-order valence-corrected chi connectivity index (χ3v) is 4.88. The number of hydrogen-bond acceptors (Lipinski definition) is 4. The van der Waals surface area contributed by atoms with Crippen LogP contribution in [0.5, 0.6) is 0 Å². The molecule has 1 fully saturated rings. The second kappa shape index (κ2) is 4.56. The number of carbonyl (C=O) groups excluding carboxylic acids is 2. The second-order valence-electron chi connectivity index (χ2n) is 5.16. The molecule has 104 valence electrons. The van der Waals surface area contributed by atoms with Gasteiger partial charge in [-0.25, -0.2) is 4.98 Å². The lowest BCUT2D eigenvalue weighted by atomic mass is 10.1. The maximum atomic E-state index is 12.0. The van der Waals surface area contributed by atoms with Crippen molar-refractivity contribution in [2.24, 2.45) is 11.7 Å². The molecule has 0 aliphatic carbocycles. The third-order valence-electron chi connectivity index (χ3n) is 3.83. The zero-order chi connectivity index (χ0) is 14.4. The molecule has 1 aliphatic heterocycles. The number of fused-ring (bicyclic) bond motifs is 1. The van der Waals surface area contributed by atoms with E-state index < -0.39 is 11.8 Å². The number of rotatable bonds is 2. The van der Waals surface area contributed by atoms with Crippen molar-refractivity contribution in [1.82, 2.24) is 4.98 Å². The average molecular weight is 289 g/mol. The minimum absolute atomic E-state index is 0.0813. The van der Waals surface area contributed by atoms with Gasteiger partial charge in [0, 0.05) is 13.0 Å². The third kappa shape index (κ3) is 1.96. The largest absolute Gasteiger partial charge is 0.369 e. The maximum absolute atomic E-state index is 12.0. The number of benzene rings is 1. The van der Waals surface area contributed by atoms with Crippen LogP contribution in [0.4, 0.5) is 5.13 Å². The summed E-state index contributed by atoms with van der Waals surface area (Å²) in [5.74, 6) is -0.909. The Kier molecular flexibility index (Phi) is 2.97. The number of nitrogens with zero attached hydrogens (tertiary/aromatic N) is 2. The monoisotopic (exact) mass is 289 g/mol. The number of nitrogens with two attached hydrogens (primary N) is 1. The molecule has 1 aromatic heterocycles. The van der Waals surface area contributed by atoms with Gasteiger partial charge in [0.1, 0.15) is 0 Å². The Morgan fingerprint density at radius 1 is 1.45 bits per heavy atom. The molecule has 3 rings (SSSR count). The van der Waals surface area contributed by atoms with Crippen LogP contribution in [0.25, 0.3) is 10.2 Å². The number of hydrogen-bond donors (Lipinski definition) is 1. The highest BCUT2D eigenvalue weighted by Crippen LogP contribution is 2.34. The summed E-state index contributed by atoms with van der Waals surface area (Å²) < 4.78 is 1.05. The van der Waals surface area contributed by atoms with Gasteiger partial charge in [-0.05, 0) is 31.0 Å². The van der Waals surface area contributed by atoms with Crippen LogP contribution in [-0.2, 0) is 9.59 Å². The summed E-state index contributed by atoms with van der Waals surface area (Å²) in [4.78, 5) is 29.4. The van der Waals surface area contributed by atoms with E-state index in [2.05, 4.69) is 11.1 Å². The lowest BCUT2D eigenvalue weighted by Gasteiger charge is -2.11. The molecule has 1 atom stereocenters. The van der Waals surface area contributed by atoms with Crippen molar-refractivity contribution in [3.05, 3.63) is 23.3 Å². The van der Waals surface area contributed by atoms with E-state index in [9.17, 15) is 9.59 Å². The predicted octanol–water partition coefficient (Wildman–Crippen LogP) is 1.75. The topological polar surface area (TPSA) is 76.3 Å². The highest BCUT2D eigenvalue weighted by atomic mass is 32.1. The normalized spacial score (nSPS) is 19.0. The summed E-state index contributed by atoms with van der Waals surface area (Å²) in [7, 11) is 0. The minimum atomic E-state index is -0.422. The molecule has 2 amide bonds. The molecular formula is C14H15N3O2S. The Bertz CT molecular complexity index is 723. The van der Waals surface area contributed by atoms with Crippen LogP contribution >= 0.6 is 11.3 Å². The highest BCUT2D eigenvalue weighted by Gasteiger charge is 2.35. The zero-order valence-corrected chi connectivity index (χ0v) is 12.2. The first kappa shape index (κ1) is 13.1. The molecule has 0 spiro atoms. The van der Waals surface area contributed by atoms with Crippen LogP contribution in [0.15, 0.2) is 12.1 Å². The van der Waals surface area contributed by atoms with Crippen LogP contribution in [0, 0.1) is 19.8 Å². The van der Waals surface area contributed by atoms with E-state index in [1.807, 2.05) is 19.9 Å². The zero-order valence-electron chi connectivity index (χ0n) is 11.3. The van der Waals surface area contributed by atoms with Gasteiger partial charge in [0.15, 0.2) is 5.13 Å². The Morgan fingerprint density at radius 3 is 2.85 bits per heavy atom. The van der Waals surface area contributed by atoms with Crippen LogP contribution in [-0.4, -0.2) is 23.3 Å². The van der Waals surface area contributed by atoms with E-state index >= 15 is 0 Å². The van der Waals surface area contributed by atoms with Crippen LogP contribution < -0.4 is 10.6 Å². The SMILES string of the molecule is Cc1ccc2sc(N3CC(C(N)=O)CC3=O)nc2c1C. The van der Waals surface area contributed by atoms with Crippen LogP contribution in [0.2, 0.25) is 0 Å². The second-order valence-corrected chi connectivity index (χ2v) is 6.17. The van der Waals surface area contributed by atoms with Gasteiger partial charge in [-0.15, -0.1) is 0 Å². The number of aryl methyl sites for hydroxylation is 2. The first-order valence-corrected chi connectivity index (χ1v) is 7.25. The lowest BCUT2D eigenvalue weighted by molar-refractivity contribution is -0.123. The molecule has 0 radical (unpaired) electrons. The van der Waals surface area contributed by atoms with E-state index in [1.54, 1.807) is 4.90 Å². The van der Waals surface area contributed by atoms with Gasteiger partial charge in [-0.3, -0.25) is 14.5 Å². The first-order valence-electron chi connectivity index (χ1n) is 6.44. The molecule has 2 aromatic rings. The average Bonchev–Trinajstić information content (AvgIpc) is 2.97. The van der Waals surface area contributed by atoms with Crippen molar-refractivity contribution in [1.29, 1.82) is 0 Å². The quantitative estimate of drug-likeness (QED) is 0.915. The number of amides is 2. The summed E-state index contributed by atoms with van der Waals surface area (Å²) in [6.07, 6.45) is 0.184. The maximum Gasteiger partial charge on any atom is 0.229 e. The molecule has 2 N–H and O–H groups in total. The van der Waals surface area contributed by atoms with Gasteiger partial charge in [0.05, 0.1) is 16.1 Å². The molecule has 5 nitrogen and oxygen atoms in total. The molecule has 1 aromatic carbocycles. The van der Waals surface area contributed by atoms with Crippen molar-refractivity contribution in [2.45, 2.75) is 20.3 Å². The van der Waals surface area contributed by atoms with Gasteiger partial charge in [0.25, 0.3) is 0 Å². The molecule has 1 unspecified atom stereocenters. The Labute approximate surface area is 120 Å². The predicted molar refractivity (Wildman–Crippen MR) is 78.7 cm³/mol. The molecule has 0 saturated carbocycles. The lowest BCUT2D eigenvalue weighted by Crippen LogP contribution is -2.28. The first-order chi connectivity index (χ1) is 9.47. The van der Waals surface area contributed by atoms with Gasteiger partial charge < -0.3 is 5.73 Å². The van der Waals surface area contributed by atoms with E-state index in [4.69, 9.17) is 5.73 Å². The summed E-state index contributed by atoms with van der Waals surface area (Å²) in [6, 6.07) is 4.07. The number of anilines is 1. The van der Waals surface area contributed by atoms with Crippen LogP contribution in [0.1, 0.15) is 17.5 Å². The van der Waals surface area contributed by atoms with Gasteiger partial charge >= 0.3 is 0 Å². The molecule has 1 saturated heterocycles. The van der Waals surface area contributed by atoms with Crippen LogP contribution in [0.3, 0.4) is 0 Å². The molecule has 6 heteroatoms. The summed E-state index contributed by atoms with van der Waals surface area (Å²) in [5.41, 5.74) is 8.52. The standard InChI is InChI=1S/C14H15N3O2S/c1-7-3-4-10-12(8(7)2)16-14(20-10)17-6-9(13(15)19)5-11(17)18/h3-4,9H,5-6H2,1-2H3,(H2,15,19). The fourth-order valence-electron chi connectivity index (χ4n) is 2.41. The minimum Gasteiger partial charge on any atom is -0.369 e. The molecule has 2 heterocycles. The van der Waals surface area contributed by atoms with E-state index in [0.717, 1.165) is 15.8 Å². The Morgan fingerprint density at radius 2 is 2.20 bits per heavy atom. The van der Waals surface area contributed by atoms with Gasteiger partial charge in [-0.2, -0.15) is 0 Å². The van der Waals surface area contributed by atoms with Crippen molar-refractivity contribution >= 4 is 38.5 Å². The summed E-state index contributed by atoms with van der Waals surface area (Å²) in [5, 5.41) is 0.655. The van der Waals surface area contributed by atoms with E-state index in [0.29, 0.717) is 11.7 Å². The van der Waals surface area contributed by atoms with E-state index in [-0.39, 0.29) is 12.3 Å². The summed E-state index contributed by atoms with van der Waals surface area (Å²) in [6.45, 7) is 4.41. The molecule has 20 heavy (non-hydrogen) atoms. The van der Waals surface area contributed by atoms with Crippen molar-refractivity contribution in [3.8, 4) is 0 Å². The molecular weight excluding hydrogens is 274 g/mol. The number of carbonyl (C=O) groups is 2. The highest BCUT2D eigenvalue weighted by molar-refractivity contribution is 7.22. The fourth-order valence-corrected chi connectivity index (χ4v) is 3.46. The smallest absolute Gasteiger partial charge is 0.229 e. The summed E-state index contributed by atoms with van der Waals surface area (Å²) >= 11 is 1.48. The molecule has 1 aliphatic rings. The fraction of sp³-hybridized carbons (Fsp3) is 0.357. The van der Waals surface area contributed by atoms with Gasteiger partial charge in [-0.1, -0.05) is 17.4 Å². The molecule has 0 bridgehead atoms. The van der Waals surface area contributed by atoms with Gasteiger partial charge in [0.2, 0.25) is 11.8 Å². The number of thiazole rings is 1. The van der Waals surface area contributed by atoms with Crippen molar-refractivity contribution < 1.29 is 9.59 Å². The number of primary amides is 1. The number of aromatic nitrogens is 1. The van der Waals surface area contributed by atoms with Crippen molar-refractivity contribution in [2.75, 3.05) is 11.4 Å². The van der Waals surface area contributed by atoms with E-state index in [1.165, 1.54) is 16.9 Å².